The summed E-state index contributed by atoms with van der Waals surface area (Å²) in [6, 6.07) is 6.95. The molecule has 0 aliphatic heterocycles. The van der Waals surface area contributed by atoms with Crippen LogP contribution in [0.15, 0.2) is 42.5 Å². The molecule has 0 saturated carbocycles. The van der Waals surface area contributed by atoms with Crippen molar-refractivity contribution in [3.05, 3.63) is 59.2 Å². The normalized spacial score (nSPS) is 13.8. The van der Waals surface area contributed by atoms with Crippen LogP contribution in [0.4, 0.5) is 0 Å². The van der Waals surface area contributed by atoms with Gasteiger partial charge in [-0.2, -0.15) is 0 Å². The van der Waals surface area contributed by atoms with Crippen molar-refractivity contribution in [1.82, 2.24) is 0 Å². The molecular formula is C29H44. The molecule has 0 heteroatoms. The zero-order valence-corrected chi connectivity index (χ0v) is 20.6. The van der Waals surface area contributed by atoms with Gasteiger partial charge in [-0.05, 0) is 54.7 Å². The van der Waals surface area contributed by atoms with Crippen molar-refractivity contribution in [3.8, 4) is 11.8 Å². The maximum absolute atomic E-state index is 3.98. The minimum Gasteiger partial charge on any atom is -0.102 e. The Balaban J connectivity index is 3.44. The first-order chi connectivity index (χ1) is 13.6. The molecule has 29 heavy (non-hydrogen) atoms. The number of hydrogen-bond acceptors (Lipinski definition) is 0. The van der Waals surface area contributed by atoms with E-state index in [0.717, 1.165) is 24.8 Å². The number of hydrogen-bond donors (Lipinski definition) is 0. The zero-order chi connectivity index (χ0) is 22.2. The Kier molecular flexibility index (Phi) is 9.48. The summed E-state index contributed by atoms with van der Waals surface area (Å²) in [6.45, 7) is 24.5. The molecule has 1 aromatic rings. The Labute approximate surface area is 181 Å². The number of allylic oxidation sites excluding steroid dienone is 3. The summed E-state index contributed by atoms with van der Waals surface area (Å²) in [5.41, 5.74) is 5.68. The molecule has 1 rings (SSSR count). The lowest BCUT2D eigenvalue weighted by molar-refractivity contribution is 0.353. The van der Waals surface area contributed by atoms with Crippen LogP contribution in [-0.2, 0) is 5.41 Å². The molecule has 0 spiro atoms. The highest BCUT2D eigenvalue weighted by Crippen LogP contribution is 2.43. The van der Waals surface area contributed by atoms with Gasteiger partial charge >= 0.3 is 0 Å². The predicted molar refractivity (Wildman–Crippen MR) is 131 cm³/mol. The van der Waals surface area contributed by atoms with E-state index < -0.39 is 0 Å². The minimum atomic E-state index is 0.110. The fourth-order valence-corrected chi connectivity index (χ4v) is 4.40. The standard InChI is InChI=1S/C29H44/c1-11-15-16-27(22(5)6)29(13-3,14-4)26-20-18-24(23(7)21-26)17-19-25(12-2)28(8,9)10/h12,16,18,20-22,25H,2,11,13-15H2,1,3-10H3/b27-16+. The molecule has 0 heterocycles. The van der Waals surface area contributed by atoms with Crippen molar-refractivity contribution in [3.63, 3.8) is 0 Å². The average molecular weight is 393 g/mol. The number of aryl methyl sites for hydroxylation is 1. The van der Waals surface area contributed by atoms with Gasteiger partial charge in [0, 0.05) is 16.9 Å². The van der Waals surface area contributed by atoms with E-state index in [2.05, 4.69) is 105 Å². The highest BCUT2D eigenvalue weighted by Gasteiger charge is 2.34. The minimum absolute atomic E-state index is 0.110. The van der Waals surface area contributed by atoms with Gasteiger partial charge in [0.05, 0.1) is 0 Å². The SMILES string of the molecule is C=CC(C#Cc1ccc(C(CC)(CC)/C(=C/CCC)C(C)C)cc1C)C(C)(C)C. The molecule has 1 atom stereocenters. The van der Waals surface area contributed by atoms with E-state index in [1.165, 1.54) is 17.5 Å². The smallest absolute Gasteiger partial charge is 0.0432 e. The maximum atomic E-state index is 3.98. The van der Waals surface area contributed by atoms with Crippen LogP contribution >= 0.6 is 0 Å². The van der Waals surface area contributed by atoms with Gasteiger partial charge in [-0.3, -0.25) is 0 Å². The zero-order valence-electron chi connectivity index (χ0n) is 20.6. The van der Waals surface area contributed by atoms with E-state index in [1.54, 1.807) is 5.57 Å². The molecule has 0 N–H and O–H groups in total. The van der Waals surface area contributed by atoms with Crippen LogP contribution < -0.4 is 0 Å². The highest BCUT2D eigenvalue weighted by molar-refractivity contribution is 5.48. The van der Waals surface area contributed by atoms with Crippen molar-refractivity contribution in [2.45, 2.75) is 93.4 Å². The maximum Gasteiger partial charge on any atom is 0.0432 e. The molecule has 0 aromatic heterocycles. The van der Waals surface area contributed by atoms with Gasteiger partial charge in [-0.25, -0.2) is 0 Å². The molecule has 0 nitrogen and oxygen atoms in total. The van der Waals surface area contributed by atoms with Gasteiger partial charge in [0.25, 0.3) is 0 Å². The van der Waals surface area contributed by atoms with E-state index in [9.17, 15) is 0 Å². The van der Waals surface area contributed by atoms with Gasteiger partial charge < -0.3 is 0 Å². The second-order valence-electron chi connectivity index (χ2n) is 9.77. The summed E-state index contributed by atoms with van der Waals surface area (Å²) >= 11 is 0. The topological polar surface area (TPSA) is 0 Å². The molecule has 160 valence electrons. The Bertz CT molecular complexity index is 751. The molecule has 1 aromatic carbocycles. The Hall–Kier alpha value is -1.74. The van der Waals surface area contributed by atoms with E-state index in [1.807, 2.05) is 6.08 Å². The second-order valence-corrected chi connectivity index (χ2v) is 9.77. The summed E-state index contributed by atoms with van der Waals surface area (Å²) in [5, 5.41) is 0. The van der Waals surface area contributed by atoms with Crippen molar-refractivity contribution >= 4 is 0 Å². The monoisotopic (exact) mass is 392 g/mol. The second kappa shape index (κ2) is 10.9. The van der Waals surface area contributed by atoms with Gasteiger partial charge in [-0.1, -0.05) is 104 Å². The van der Waals surface area contributed by atoms with Crippen molar-refractivity contribution in [2.24, 2.45) is 17.3 Å². The van der Waals surface area contributed by atoms with Gasteiger partial charge in [-0.15, -0.1) is 6.58 Å². The summed E-state index contributed by atoms with van der Waals surface area (Å²) in [7, 11) is 0. The molecule has 0 amide bonds. The number of benzene rings is 1. The first-order valence-electron chi connectivity index (χ1n) is 11.5. The molecule has 0 aliphatic rings. The summed E-state index contributed by atoms with van der Waals surface area (Å²) in [4.78, 5) is 0. The number of unbranched alkanes of at least 4 members (excludes halogenated alkanes) is 1. The van der Waals surface area contributed by atoms with Crippen LogP contribution in [0.1, 0.15) is 97.8 Å². The third kappa shape index (κ3) is 6.12. The van der Waals surface area contributed by atoms with E-state index >= 15 is 0 Å². The lowest BCUT2D eigenvalue weighted by Gasteiger charge is -2.38. The fourth-order valence-electron chi connectivity index (χ4n) is 4.40. The molecular weight excluding hydrogens is 348 g/mol. The van der Waals surface area contributed by atoms with Crippen molar-refractivity contribution in [2.75, 3.05) is 0 Å². The van der Waals surface area contributed by atoms with E-state index in [4.69, 9.17) is 0 Å². The van der Waals surface area contributed by atoms with E-state index in [-0.39, 0.29) is 16.7 Å². The quantitative estimate of drug-likeness (QED) is 0.307. The van der Waals surface area contributed by atoms with Crippen LogP contribution in [-0.4, -0.2) is 0 Å². The Morgan fingerprint density at radius 2 is 1.72 bits per heavy atom. The van der Waals surface area contributed by atoms with Crippen LogP contribution in [0.25, 0.3) is 0 Å². The van der Waals surface area contributed by atoms with Crippen LogP contribution in [0.2, 0.25) is 0 Å². The van der Waals surface area contributed by atoms with E-state index in [0.29, 0.717) is 5.92 Å². The molecule has 0 aliphatic carbocycles. The van der Waals surface area contributed by atoms with Crippen molar-refractivity contribution < 1.29 is 0 Å². The van der Waals surface area contributed by atoms with Gasteiger partial charge in [0.15, 0.2) is 0 Å². The average Bonchev–Trinajstić information content (AvgIpc) is 2.65. The summed E-state index contributed by atoms with van der Waals surface area (Å²) < 4.78 is 0. The summed E-state index contributed by atoms with van der Waals surface area (Å²) in [5.74, 6) is 7.63. The van der Waals surface area contributed by atoms with Crippen molar-refractivity contribution in [1.29, 1.82) is 0 Å². The first-order valence-corrected chi connectivity index (χ1v) is 11.5. The molecule has 0 fully saturated rings. The lowest BCUT2D eigenvalue weighted by Crippen LogP contribution is -2.30. The largest absolute Gasteiger partial charge is 0.102 e. The van der Waals surface area contributed by atoms with Crippen LogP contribution in [0.3, 0.4) is 0 Å². The van der Waals surface area contributed by atoms with Crippen LogP contribution in [0.5, 0.6) is 0 Å². The van der Waals surface area contributed by atoms with Gasteiger partial charge in [0.1, 0.15) is 0 Å². The number of rotatable bonds is 8. The Morgan fingerprint density at radius 3 is 2.14 bits per heavy atom. The molecule has 0 bridgehead atoms. The predicted octanol–water partition coefficient (Wildman–Crippen LogP) is 8.64. The first kappa shape index (κ1) is 25.3. The molecule has 1 unspecified atom stereocenters. The molecule has 0 saturated heterocycles. The van der Waals surface area contributed by atoms with Gasteiger partial charge in [0.2, 0.25) is 0 Å². The highest BCUT2D eigenvalue weighted by atomic mass is 14.4. The van der Waals surface area contributed by atoms with Crippen LogP contribution in [0, 0.1) is 36.0 Å². The lowest BCUT2D eigenvalue weighted by atomic mass is 9.66. The Morgan fingerprint density at radius 1 is 1.10 bits per heavy atom. The molecule has 0 radical (unpaired) electrons. The third-order valence-corrected chi connectivity index (χ3v) is 6.34. The third-order valence-electron chi connectivity index (χ3n) is 6.34. The fraction of sp³-hybridized carbons (Fsp3) is 0.586. The summed E-state index contributed by atoms with van der Waals surface area (Å²) in [6.07, 6.45) is 9.11.